The minimum atomic E-state index is 0.358. The van der Waals surface area contributed by atoms with Crippen LogP contribution in [0.5, 0.6) is 0 Å². The molecule has 2 rings (SSSR count). The zero-order chi connectivity index (χ0) is 10.1. The predicted octanol–water partition coefficient (Wildman–Crippen LogP) is 1.36. The van der Waals surface area contributed by atoms with Crippen molar-refractivity contribution >= 4 is 11.8 Å². The maximum Gasteiger partial charge on any atom is 0.221 e. The number of rotatable bonds is 2. The monoisotopic (exact) mass is 192 g/mol. The molecule has 1 fully saturated rings. The normalized spacial score (nSPS) is 16.4. The van der Waals surface area contributed by atoms with Gasteiger partial charge in [-0.25, -0.2) is 4.98 Å². The van der Waals surface area contributed by atoms with Crippen molar-refractivity contribution in [2.24, 2.45) is 0 Å². The van der Waals surface area contributed by atoms with Gasteiger partial charge in [-0.2, -0.15) is 4.98 Å². The topological polar surface area (TPSA) is 55.0 Å². The molecule has 2 N–H and O–H groups in total. The molecule has 1 aliphatic rings. The average molecular weight is 192 g/mol. The highest BCUT2D eigenvalue weighted by atomic mass is 15.2. The first-order valence-corrected chi connectivity index (χ1v) is 5.00. The van der Waals surface area contributed by atoms with Crippen LogP contribution in [0.1, 0.15) is 24.8 Å². The Morgan fingerprint density at radius 2 is 2.21 bits per heavy atom. The van der Waals surface area contributed by atoms with Crippen molar-refractivity contribution in [1.82, 2.24) is 9.97 Å². The molecule has 0 saturated heterocycles. The van der Waals surface area contributed by atoms with Crippen LogP contribution in [0.25, 0.3) is 0 Å². The summed E-state index contributed by atoms with van der Waals surface area (Å²) in [5, 5.41) is 0. The summed E-state index contributed by atoms with van der Waals surface area (Å²) in [6, 6.07) is 0.642. The van der Waals surface area contributed by atoms with Crippen LogP contribution in [-0.4, -0.2) is 23.1 Å². The fourth-order valence-corrected chi connectivity index (χ4v) is 1.75. The van der Waals surface area contributed by atoms with E-state index in [1.54, 1.807) is 6.20 Å². The molecular formula is C10H16N4. The summed E-state index contributed by atoms with van der Waals surface area (Å²) in [5.74, 6) is 1.33. The largest absolute Gasteiger partial charge is 0.368 e. The highest BCUT2D eigenvalue weighted by Gasteiger charge is 2.24. The number of aromatic nitrogens is 2. The Bertz CT molecular complexity index is 333. The lowest BCUT2D eigenvalue weighted by molar-refractivity contribution is 0.399. The van der Waals surface area contributed by atoms with Crippen LogP contribution in [0.2, 0.25) is 0 Å². The summed E-state index contributed by atoms with van der Waals surface area (Å²) >= 11 is 0. The molecule has 1 heterocycles. The van der Waals surface area contributed by atoms with Crippen LogP contribution < -0.4 is 10.6 Å². The Balaban J connectivity index is 2.24. The van der Waals surface area contributed by atoms with Crippen LogP contribution in [0.4, 0.5) is 11.8 Å². The van der Waals surface area contributed by atoms with Crippen molar-refractivity contribution in [3.05, 3.63) is 11.8 Å². The fourth-order valence-electron chi connectivity index (χ4n) is 1.75. The molecule has 0 aromatic carbocycles. The van der Waals surface area contributed by atoms with E-state index in [1.165, 1.54) is 19.3 Å². The third-order valence-corrected chi connectivity index (χ3v) is 2.92. The molecule has 0 bridgehead atoms. The van der Waals surface area contributed by atoms with Crippen molar-refractivity contribution in [2.75, 3.05) is 17.7 Å². The minimum absolute atomic E-state index is 0.358. The van der Waals surface area contributed by atoms with Crippen molar-refractivity contribution in [2.45, 2.75) is 32.2 Å². The zero-order valence-corrected chi connectivity index (χ0v) is 8.70. The van der Waals surface area contributed by atoms with E-state index in [-0.39, 0.29) is 0 Å². The molecule has 4 nitrogen and oxygen atoms in total. The van der Waals surface area contributed by atoms with Crippen LogP contribution in [0, 0.1) is 6.92 Å². The lowest BCUT2D eigenvalue weighted by Gasteiger charge is -2.36. The molecule has 1 aromatic heterocycles. The van der Waals surface area contributed by atoms with Crippen LogP contribution in [0.15, 0.2) is 6.20 Å². The molecule has 1 aromatic rings. The second-order valence-electron chi connectivity index (χ2n) is 3.93. The van der Waals surface area contributed by atoms with Gasteiger partial charge in [0.05, 0.1) is 0 Å². The first-order chi connectivity index (χ1) is 6.68. The van der Waals surface area contributed by atoms with E-state index in [1.807, 2.05) is 6.92 Å². The Morgan fingerprint density at radius 1 is 1.50 bits per heavy atom. The maximum absolute atomic E-state index is 5.58. The standard InChI is InChI=1S/C10H16N4/c1-7-6-12-10(11)13-9(7)14(2)8-4-3-5-8/h6,8H,3-5H2,1-2H3,(H2,11,12,13). The van der Waals surface area contributed by atoms with E-state index in [4.69, 9.17) is 5.73 Å². The Morgan fingerprint density at radius 3 is 2.79 bits per heavy atom. The van der Waals surface area contributed by atoms with Crippen molar-refractivity contribution < 1.29 is 0 Å². The van der Waals surface area contributed by atoms with E-state index in [2.05, 4.69) is 21.9 Å². The molecule has 0 aliphatic heterocycles. The molecule has 4 heteroatoms. The smallest absolute Gasteiger partial charge is 0.221 e. The van der Waals surface area contributed by atoms with Crippen LogP contribution >= 0.6 is 0 Å². The first kappa shape index (κ1) is 9.24. The number of nitrogen functional groups attached to an aromatic ring is 1. The van der Waals surface area contributed by atoms with Crippen molar-refractivity contribution in [3.8, 4) is 0 Å². The van der Waals surface area contributed by atoms with Gasteiger partial charge in [0.25, 0.3) is 0 Å². The van der Waals surface area contributed by atoms with Gasteiger partial charge in [-0.05, 0) is 26.2 Å². The van der Waals surface area contributed by atoms with Gasteiger partial charge >= 0.3 is 0 Å². The Kier molecular flexibility index (Phi) is 2.27. The van der Waals surface area contributed by atoms with Gasteiger partial charge in [-0.15, -0.1) is 0 Å². The maximum atomic E-state index is 5.58. The number of nitrogens with zero attached hydrogens (tertiary/aromatic N) is 3. The number of hydrogen-bond donors (Lipinski definition) is 1. The minimum Gasteiger partial charge on any atom is -0.368 e. The number of hydrogen-bond acceptors (Lipinski definition) is 4. The molecule has 0 radical (unpaired) electrons. The van der Waals surface area contributed by atoms with Gasteiger partial charge in [0, 0.05) is 24.8 Å². The Hall–Kier alpha value is -1.32. The predicted molar refractivity (Wildman–Crippen MR) is 57.2 cm³/mol. The number of nitrogens with two attached hydrogens (primary N) is 1. The van der Waals surface area contributed by atoms with Gasteiger partial charge in [-0.1, -0.05) is 0 Å². The Labute approximate surface area is 84.2 Å². The van der Waals surface area contributed by atoms with Crippen molar-refractivity contribution in [1.29, 1.82) is 0 Å². The number of aryl methyl sites for hydroxylation is 1. The van der Waals surface area contributed by atoms with E-state index in [0.717, 1.165) is 11.4 Å². The van der Waals surface area contributed by atoms with Crippen LogP contribution in [-0.2, 0) is 0 Å². The molecule has 1 aliphatic carbocycles. The summed E-state index contributed by atoms with van der Waals surface area (Å²) in [5.41, 5.74) is 6.67. The quantitative estimate of drug-likeness (QED) is 0.768. The fraction of sp³-hybridized carbons (Fsp3) is 0.600. The van der Waals surface area contributed by atoms with Gasteiger partial charge in [-0.3, -0.25) is 0 Å². The lowest BCUT2D eigenvalue weighted by Crippen LogP contribution is -2.38. The molecule has 0 atom stereocenters. The zero-order valence-electron chi connectivity index (χ0n) is 8.70. The molecular weight excluding hydrogens is 176 g/mol. The third-order valence-electron chi connectivity index (χ3n) is 2.92. The van der Waals surface area contributed by atoms with Gasteiger partial charge < -0.3 is 10.6 Å². The second kappa shape index (κ2) is 3.44. The van der Waals surface area contributed by atoms with Gasteiger partial charge in [0.15, 0.2) is 0 Å². The summed E-state index contributed by atoms with van der Waals surface area (Å²) in [6.45, 7) is 2.02. The van der Waals surface area contributed by atoms with E-state index < -0.39 is 0 Å². The molecule has 0 unspecified atom stereocenters. The number of anilines is 2. The van der Waals surface area contributed by atoms with Gasteiger partial charge in [0.2, 0.25) is 5.95 Å². The average Bonchev–Trinajstić information content (AvgIpc) is 2.06. The first-order valence-electron chi connectivity index (χ1n) is 5.00. The SMILES string of the molecule is Cc1cnc(N)nc1N(C)C1CCC1. The molecule has 0 amide bonds. The second-order valence-corrected chi connectivity index (χ2v) is 3.93. The highest BCUT2D eigenvalue weighted by Crippen LogP contribution is 2.28. The van der Waals surface area contributed by atoms with E-state index >= 15 is 0 Å². The molecule has 1 saturated carbocycles. The summed E-state index contributed by atoms with van der Waals surface area (Å²) in [4.78, 5) is 10.5. The van der Waals surface area contributed by atoms with Crippen LogP contribution in [0.3, 0.4) is 0 Å². The van der Waals surface area contributed by atoms with E-state index in [0.29, 0.717) is 12.0 Å². The third kappa shape index (κ3) is 1.52. The summed E-state index contributed by atoms with van der Waals surface area (Å²) in [7, 11) is 2.08. The molecule has 14 heavy (non-hydrogen) atoms. The lowest BCUT2D eigenvalue weighted by atomic mass is 9.92. The molecule has 76 valence electrons. The summed E-state index contributed by atoms with van der Waals surface area (Å²) in [6.07, 6.45) is 5.64. The highest BCUT2D eigenvalue weighted by molar-refractivity contribution is 5.48. The molecule has 0 spiro atoms. The van der Waals surface area contributed by atoms with Gasteiger partial charge in [0.1, 0.15) is 5.82 Å². The van der Waals surface area contributed by atoms with Crippen molar-refractivity contribution in [3.63, 3.8) is 0 Å². The van der Waals surface area contributed by atoms with E-state index in [9.17, 15) is 0 Å². The summed E-state index contributed by atoms with van der Waals surface area (Å²) < 4.78 is 0.